The van der Waals surface area contributed by atoms with E-state index in [-0.39, 0.29) is 43.3 Å². The van der Waals surface area contributed by atoms with Crippen molar-refractivity contribution in [3.05, 3.63) is 52.3 Å². The van der Waals surface area contributed by atoms with Crippen molar-refractivity contribution in [1.82, 2.24) is 20.0 Å². The summed E-state index contributed by atoms with van der Waals surface area (Å²) < 4.78 is 1.77. The maximum Gasteiger partial charge on any atom is 0.244 e. The summed E-state index contributed by atoms with van der Waals surface area (Å²) in [6.07, 6.45) is 0. The highest BCUT2D eigenvalue weighted by atomic mass is 35.5. The summed E-state index contributed by atoms with van der Waals surface area (Å²) in [5.41, 5.74) is 3.00. The molecule has 1 atom stereocenters. The topological polar surface area (TPSA) is 50.2 Å². The number of carbonyl (C=O) groups is 1. The Morgan fingerprint density at radius 2 is 2.08 bits per heavy atom. The predicted molar refractivity (Wildman–Crippen MR) is 105 cm³/mol. The first-order chi connectivity index (χ1) is 11.0. The average molecular weight is 406 g/mol. The smallest absolute Gasteiger partial charge is 0.244 e. The van der Waals surface area contributed by atoms with E-state index in [1.54, 1.807) is 4.68 Å². The molecule has 5 nitrogen and oxygen atoms in total. The third-order valence-electron chi connectivity index (χ3n) is 4.19. The van der Waals surface area contributed by atoms with E-state index in [0.29, 0.717) is 11.6 Å². The van der Waals surface area contributed by atoms with E-state index in [4.69, 9.17) is 11.6 Å². The zero-order valence-corrected chi connectivity index (χ0v) is 16.6. The Balaban J connectivity index is 0.00000156. The number of aryl methyl sites for hydroxylation is 2. The highest BCUT2D eigenvalue weighted by Crippen LogP contribution is 2.25. The molecular formula is C17H23Cl3N4O. The molecule has 0 saturated carbocycles. The van der Waals surface area contributed by atoms with Crippen molar-refractivity contribution in [2.24, 2.45) is 0 Å². The second-order valence-electron chi connectivity index (χ2n) is 5.95. The molecule has 0 radical (unpaired) electrons. The molecule has 1 unspecified atom stereocenters. The molecule has 25 heavy (non-hydrogen) atoms. The van der Waals surface area contributed by atoms with Crippen molar-refractivity contribution >= 4 is 42.3 Å². The van der Waals surface area contributed by atoms with Gasteiger partial charge < -0.3 is 10.2 Å². The fourth-order valence-electron chi connectivity index (χ4n) is 3.07. The van der Waals surface area contributed by atoms with Crippen molar-refractivity contribution in [3.63, 3.8) is 0 Å². The van der Waals surface area contributed by atoms with Crippen LogP contribution in [0, 0.1) is 13.8 Å². The molecule has 1 aromatic carbocycles. The van der Waals surface area contributed by atoms with E-state index in [2.05, 4.69) is 10.4 Å². The van der Waals surface area contributed by atoms with E-state index in [1.165, 1.54) is 0 Å². The normalized spacial score (nSPS) is 16.8. The number of piperazine rings is 1. The molecule has 1 amide bonds. The van der Waals surface area contributed by atoms with Crippen LogP contribution in [0.15, 0.2) is 30.3 Å². The van der Waals surface area contributed by atoms with Crippen LogP contribution >= 0.6 is 36.4 Å². The van der Waals surface area contributed by atoms with Gasteiger partial charge in [0.05, 0.1) is 11.7 Å². The Morgan fingerprint density at radius 1 is 1.32 bits per heavy atom. The number of benzene rings is 1. The van der Waals surface area contributed by atoms with Crippen molar-refractivity contribution in [2.45, 2.75) is 26.4 Å². The molecule has 0 spiro atoms. The van der Waals surface area contributed by atoms with Crippen LogP contribution in [0.1, 0.15) is 23.0 Å². The molecule has 1 fully saturated rings. The molecule has 138 valence electrons. The number of hydrogen-bond acceptors (Lipinski definition) is 3. The van der Waals surface area contributed by atoms with Gasteiger partial charge in [-0.2, -0.15) is 5.10 Å². The lowest BCUT2D eigenvalue weighted by Gasteiger charge is -2.36. The average Bonchev–Trinajstić information content (AvgIpc) is 2.85. The van der Waals surface area contributed by atoms with Gasteiger partial charge in [0.25, 0.3) is 0 Å². The summed E-state index contributed by atoms with van der Waals surface area (Å²) in [5.74, 6) is 0.0858. The third-order valence-corrected chi connectivity index (χ3v) is 4.42. The fourth-order valence-corrected chi connectivity index (χ4v) is 3.27. The molecule has 1 aliphatic rings. The van der Waals surface area contributed by atoms with Crippen LogP contribution in [0.3, 0.4) is 0 Å². The minimum absolute atomic E-state index is 0. The van der Waals surface area contributed by atoms with E-state index < -0.39 is 0 Å². The summed E-state index contributed by atoms with van der Waals surface area (Å²) in [6, 6.07) is 9.72. The summed E-state index contributed by atoms with van der Waals surface area (Å²) in [4.78, 5) is 14.7. The van der Waals surface area contributed by atoms with Gasteiger partial charge in [-0.05, 0) is 37.6 Å². The molecular weight excluding hydrogens is 383 g/mol. The minimum Gasteiger partial charge on any atom is -0.331 e. The van der Waals surface area contributed by atoms with Crippen LogP contribution in [-0.2, 0) is 11.3 Å². The summed E-state index contributed by atoms with van der Waals surface area (Å²) in [7, 11) is 0. The molecule has 1 N–H and O–H groups in total. The van der Waals surface area contributed by atoms with Gasteiger partial charge in [-0.25, -0.2) is 0 Å². The first kappa shape index (κ1) is 21.8. The Morgan fingerprint density at radius 3 is 2.72 bits per heavy atom. The first-order valence-corrected chi connectivity index (χ1v) is 8.19. The summed E-state index contributed by atoms with van der Waals surface area (Å²) >= 11 is 6.11. The van der Waals surface area contributed by atoms with Crippen LogP contribution in [-0.4, -0.2) is 40.2 Å². The second kappa shape index (κ2) is 9.43. The van der Waals surface area contributed by atoms with Crippen molar-refractivity contribution in [1.29, 1.82) is 0 Å². The molecule has 0 bridgehead atoms. The number of halogens is 3. The maximum absolute atomic E-state index is 12.8. The van der Waals surface area contributed by atoms with Crippen molar-refractivity contribution < 1.29 is 4.79 Å². The third kappa shape index (κ3) is 5.11. The number of hydrogen-bond donors (Lipinski definition) is 1. The number of aromatic nitrogens is 2. The summed E-state index contributed by atoms with van der Waals surface area (Å²) in [5, 5.41) is 8.44. The number of amides is 1. The monoisotopic (exact) mass is 404 g/mol. The highest BCUT2D eigenvalue weighted by molar-refractivity contribution is 6.30. The molecule has 1 aliphatic heterocycles. The number of carbonyl (C=O) groups excluding carboxylic acids is 1. The Labute approximate surface area is 165 Å². The van der Waals surface area contributed by atoms with Crippen molar-refractivity contribution in [3.8, 4) is 0 Å². The molecule has 1 saturated heterocycles. The summed E-state index contributed by atoms with van der Waals surface area (Å²) in [6.45, 7) is 6.42. The minimum atomic E-state index is 0. The van der Waals surface area contributed by atoms with E-state index >= 15 is 0 Å². The van der Waals surface area contributed by atoms with Crippen molar-refractivity contribution in [2.75, 3.05) is 19.6 Å². The Bertz CT molecular complexity index is 720. The fraction of sp³-hybridized carbons (Fsp3) is 0.412. The van der Waals surface area contributed by atoms with Crippen LogP contribution in [0.2, 0.25) is 5.02 Å². The van der Waals surface area contributed by atoms with E-state index in [0.717, 1.165) is 30.0 Å². The van der Waals surface area contributed by atoms with Crippen LogP contribution in [0.4, 0.5) is 0 Å². The molecule has 8 heteroatoms. The SMILES string of the molecule is Cc1cc(C)n(CC(=O)N2CCNCC2c2cccc(Cl)c2)n1.Cl.Cl. The van der Waals surface area contributed by atoms with Gasteiger partial charge in [0, 0.05) is 30.4 Å². The number of nitrogens with one attached hydrogen (secondary N) is 1. The Kier molecular flexibility index (Phi) is 8.22. The lowest BCUT2D eigenvalue weighted by atomic mass is 10.0. The largest absolute Gasteiger partial charge is 0.331 e. The molecule has 1 aromatic heterocycles. The van der Waals surface area contributed by atoms with Gasteiger partial charge in [-0.1, -0.05) is 23.7 Å². The standard InChI is InChI=1S/C17H21ClN4O.2ClH/c1-12-8-13(2)22(20-12)11-17(23)21-7-6-19-10-16(21)14-4-3-5-15(18)9-14;;/h3-5,8-9,16,19H,6-7,10-11H2,1-2H3;2*1H. The van der Waals surface area contributed by atoms with Gasteiger partial charge in [0.1, 0.15) is 6.54 Å². The second-order valence-corrected chi connectivity index (χ2v) is 6.38. The predicted octanol–water partition coefficient (Wildman–Crippen LogP) is 3.17. The first-order valence-electron chi connectivity index (χ1n) is 7.81. The van der Waals surface area contributed by atoms with Gasteiger partial charge in [-0.15, -0.1) is 24.8 Å². The van der Waals surface area contributed by atoms with Gasteiger partial charge in [0.15, 0.2) is 0 Å². The van der Waals surface area contributed by atoms with Gasteiger partial charge in [-0.3, -0.25) is 9.48 Å². The van der Waals surface area contributed by atoms with Crippen LogP contribution < -0.4 is 5.32 Å². The van der Waals surface area contributed by atoms with E-state index in [9.17, 15) is 4.79 Å². The van der Waals surface area contributed by atoms with Crippen LogP contribution in [0.5, 0.6) is 0 Å². The molecule has 3 rings (SSSR count). The molecule has 2 heterocycles. The quantitative estimate of drug-likeness (QED) is 0.853. The maximum atomic E-state index is 12.8. The molecule has 2 aromatic rings. The Hall–Kier alpha value is -1.27. The van der Waals surface area contributed by atoms with Crippen LogP contribution in [0.25, 0.3) is 0 Å². The lowest BCUT2D eigenvalue weighted by Crippen LogP contribution is -2.49. The molecule has 0 aliphatic carbocycles. The van der Waals surface area contributed by atoms with Gasteiger partial charge in [0.2, 0.25) is 5.91 Å². The van der Waals surface area contributed by atoms with Gasteiger partial charge >= 0.3 is 0 Å². The zero-order chi connectivity index (χ0) is 16.4. The lowest BCUT2D eigenvalue weighted by molar-refractivity contribution is -0.135. The zero-order valence-electron chi connectivity index (χ0n) is 14.2. The van der Waals surface area contributed by atoms with E-state index in [1.807, 2.05) is 49.1 Å². The highest BCUT2D eigenvalue weighted by Gasteiger charge is 2.28. The number of rotatable bonds is 3. The number of nitrogens with zero attached hydrogens (tertiary/aromatic N) is 3.